The van der Waals surface area contributed by atoms with Crippen molar-refractivity contribution in [2.45, 2.75) is 80.4 Å². The van der Waals surface area contributed by atoms with E-state index in [9.17, 15) is 22.0 Å². The molecule has 4 fully saturated rings. The van der Waals surface area contributed by atoms with Gasteiger partial charge >= 0.3 is 0 Å². The van der Waals surface area contributed by atoms with E-state index in [0.717, 1.165) is 11.4 Å². The maximum absolute atomic E-state index is 13.9. The first-order chi connectivity index (χ1) is 18.7. The Kier molecular flexibility index (Phi) is 6.37. The van der Waals surface area contributed by atoms with E-state index in [1.54, 1.807) is 46.8 Å². The number of sulfonamides is 1. The Morgan fingerprint density at radius 1 is 1.07 bits per heavy atom. The molecule has 2 aromatic rings. The Morgan fingerprint density at radius 3 is 2.30 bits per heavy atom. The van der Waals surface area contributed by atoms with Crippen LogP contribution in [-0.4, -0.2) is 54.1 Å². The first-order valence-electron chi connectivity index (χ1n) is 13.6. The molecule has 4 aliphatic carbocycles. The molecule has 0 aromatic heterocycles. The van der Waals surface area contributed by atoms with Gasteiger partial charge in [0.1, 0.15) is 11.9 Å². The van der Waals surface area contributed by atoms with E-state index in [1.807, 2.05) is 26.0 Å². The molecule has 1 heterocycles. The Balaban J connectivity index is 1.17. The lowest BCUT2D eigenvalue weighted by Gasteiger charge is -2.72. The molecule has 214 valence electrons. The number of halogens is 3. The molecule has 1 aliphatic heterocycles. The summed E-state index contributed by atoms with van der Waals surface area (Å²) >= 11 is 6.06. The minimum atomic E-state index is -3.79. The molecule has 7 rings (SSSR count). The van der Waals surface area contributed by atoms with Crippen LogP contribution in [0.3, 0.4) is 0 Å². The third-order valence-corrected chi connectivity index (χ3v) is 11.2. The van der Waals surface area contributed by atoms with E-state index in [-0.39, 0.29) is 48.1 Å². The van der Waals surface area contributed by atoms with Crippen LogP contribution in [0.2, 0.25) is 5.02 Å². The highest BCUT2D eigenvalue weighted by Crippen LogP contribution is 2.71. The molecular formula is C29H33ClF2N4O3S. The quantitative estimate of drug-likeness (QED) is 0.440. The predicted octanol–water partition coefficient (Wildman–Crippen LogP) is 4.76. The van der Waals surface area contributed by atoms with Gasteiger partial charge in [0.25, 0.3) is 0 Å². The number of amidine groups is 1. The van der Waals surface area contributed by atoms with Crippen LogP contribution in [0.15, 0.2) is 64.5 Å². The largest absolute Gasteiger partial charge is 0.360 e. The Morgan fingerprint density at radius 2 is 1.70 bits per heavy atom. The molecule has 2 bridgehead atoms. The van der Waals surface area contributed by atoms with Crippen molar-refractivity contribution in [2.24, 2.45) is 16.3 Å². The fourth-order valence-corrected chi connectivity index (χ4v) is 8.77. The van der Waals surface area contributed by atoms with Crippen molar-refractivity contribution in [3.05, 3.63) is 65.2 Å². The zero-order chi connectivity index (χ0) is 28.6. The number of carbonyl (C=O) groups is 1. The molecule has 40 heavy (non-hydrogen) atoms. The molecular weight excluding hydrogens is 558 g/mol. The highest BCUT2D eigenvalue weighted by atomic mass is 35.5. The summed E-state index contributed by atoms with van der Waals surface area (Å²) < 4.78 is 55.8. The van der Waals surface area contributed by atoms with Crippen LogP contribution in [0.4, 0.5) is 8.78 Å². The molecule has 0 radical (unpaired) electrons. The Labute approximate surface area is 238 Å². The molecule has 2 aromatic carbocycles. The van der Waals surface area contributed by atoms with Crippen LogP contribution < -0.4 is 10.6 Å². The van der Waals surface area contributed by atoms with Gasteiger partial charge in [-0.05, 0) is 68.9 Å². The number of alkyl halides is 2. The van der Waals surface area contributed by atoms with Crippen molar-refractivity contribution >= 4 is 33.4 Å². The van der Waals surface area contributed by atoms with Gasteiger partial charge in [-0.25, -0.2) is 17.2 Å². The second-order valence-corrected chi connectivity index (χ2v) is 14.9. The monoisotopic (exact) mass is 590 g/mol. The van der Waals surface area contributed by atoms with E-state index in [1.165, 1.54) is 0 Å². The number of amides is 1. The molecule has 0 unspecified atom stereocenters. The second kappa shape index (κ2) is 9.22. The van der Waals surface area contributed by atoms with E-state index >= 15 is 0 Å². The van der Waals surface area contributed by atoms with Gasteiger partial charge in [-0.2, -0.15) is 4.31 Å². The summed E-state index contributed by atoms with van der Waals surface area (Å²) in [6, 6.07) is 15.0. The fraction of sp³-hybridized carbons (Fsp3) is 0.517. The summed E-state index contributed by atoms with van der Waals surface area (Å²) in [5, 5.41) is 6.74. The van der Waals surface area contributed by atoms with Gasteiger partial charge in [0.15, 0.2) is 0 Å². The van der Waals surface area contributed by atoms with Gasteiger partial charge in [0, 0.05) is 41.9 Å². The smallest absolute Gasteiger partial charge is 0.248 e. The van der Waals surface area contributed by atoms with Crippen molar-refractivity contribution in [2.75, 3.05) is 6.54 Å². The molecule has 0 saturated heterocycles. The maximum Gasteiger partial charge on any atom is 0.248 e. The lowest BCUT2D eigenvalue weighted by atomic mass is 9.38. The zero-order valence-electron chi connectivity index (χ0n) is 22.5. The van der Waals surface area contributed by atoms with Gasteiger partial charge in [-0.1, -0.05) is 41.9 Å². The van der Waals surface area contributed by atoms with Crippen molar-refractivity contribution in [1.29, 1.82) is 0 Å². The summed E-state index contributed by atoms with van der Waals surface area (Å²) in [6.45, 7) is 4.20. The van der Waals surface area contributed by atoms with Crippen LogP contribution in [0.1, 0.15) is 51.5 Å². The molecule has 7 nitrogen and oxygen atoms in total. The first-order valence-corrected chi connectivity index (χ1v) is 15.4. The molecule has 2 N–H and O–H groups in total. The summed E-state index contributed by atoms with van der Waals surface area (Å²) in [7, 11) is -3.79. The van der Waals surface area contributed by atoms with E-state index in [2.05, 4.69) is 10.6 Å². The van der Waals surface area contributed by atoms with Crippen LogP contribution in [-0.2, 0) is 21.4 Å². The van der Waals surface area contributed by atoms with Crippen LogP contribution in [0.5, 0.6) is 0 Å². The van der Waals surface area contributed by atoms with Crippen molar-refractivity contribution in [3.8, 4) is 0 Å². The Bertz CT molecular complexity index is 1440. The standard InChI is InChI=1S/C29H33ClF2N4O3S/c1-26(2)23(24(37)33-14-20-12-29(31,32)13-20)34-25(35-26)27-16-28(17-27,18-27)36(15-19-8-10-21(30)11-9-19)40(38,39)22-6-4-3-5-7-22/h3-11,20,23H,12-18H2,1-2H3,(H,33,37)(H,34,35)/t23-,27?,28?/m0/s1. The van der Waals surface area contributed by atoms with E-state index < -0.39 is 33.1 Å². The SMILES string of the molecule is CC1(C)N=C(C23CC(N(Cc4ccc(Cl)cc4)S(=O)(=O)c4ccccc4)(C2)C3)N[C@H]1C(=O)NCC1CC(F)(F)C1. The minimum absolute atomic E-state index is 0.194. The van der Waals surface area contributed by atoms with Crippen LogP contribution in [0, 0.1) is 11.3 Å². The molecule has 4 saturated carbocycles. The maximum atomic E-state index is 13.9. The zero-order valence-corrected chi connectivity index (χ0v) is 24.0. The highest BCUT2D eigenvalue weighted by Gasteiger charge is 2.75. The number of nitrogens with zero attached hydrogens (tertiary/aromatic N) is 2. The van der Waals surface area contributed by atoms with E-state index in [4.69, 9.17) is 16.6 Å². The van der Waals surface area contributed by atoms with Gasteiger partial charge in [-0.3, -0.25) is 9.79 Å². The summed E-state index contributed by atoms with van der Waals surface area (Å²) in [5.74, 6) is -2.35. The predicted molar refractivity (Wildman–Crippen MR) is 149 cm³/mol. The van der Waals surface area contributed by atoms with Crippen LogP contribution >= 0.6 is 11.6 Å². The van der Waals surface area contributed by atoms with Gasteiger partial charge < -0.3 is 10.6 Å². The third kappa shape index (κ3) is 4.61. The molecule has 11 heteroatoms. The topological polar surface area (TPSA) is 90.9 Å². The lowest BCUT2D eigenvalue weighted by molar-refractivity contribution is -0.151. The highest BCUT2D eigenvalue weighted by molar-refractivity contribution is 7.89. The van der Waals surface area contributed by atoms with Crippen molar-refractivity contribution in [1.82, 2.24) is 14.9 Å². The number of benzene rings is 2. The van der Waals surface area contributed by atoms with Gasteiger partial charge in [-0.15, -0.1) is 0 Å². The number of aliphatic imine (C=N–C) groups is 1. The summed E-state index contributed by atoms with van der Waals surface area (Å²) in [5.41, 5.74) is -0.725. The number of nitrogens with one attached hydrogen (secondary N) is 2. The fourth-order valence-electron chi connectivity index (χ4n) is 6.87. The van der Waals surface area contributed by atoms with Crippen molar-refractivity contribution in [3.63, 3.8) is 0 Å². The lowest BCUT2D eigenvalue weighted by Crippen LogP contribution is -2.78. The average Bonchev–Trinajstić information content (AvgIpc) is 3.15. The number of hydrogen-bond donors (Lipinski definition) is 2. The number of rotatable bonds is 9. The average molecular weight is 591 g/mol. The summed E-state index contributed by atoms with van der Waals surface area (Å²) in [4.78, 5) is 18.2. The molecule has 1 amide bonds. The Hall–Kier alpha value is -2.56. The third-order valence-electron chi connectivity index (χ3n) is 8.99. The van der Waals surface area contributed by atoms with Gasteiger partial charge in [0.2, 0.25) is 21.9 Å². The summed E-state index contributed by atoms with van der Waals surface area (Å²) in [6.07, 6.45) is 1.42. The number of hydrogen-bond acceptors (Lipinski definition) is 5. The van der Waals surface area contributed by atoms with Crippen molar-refractivity contribution < 1.29 is 22.0 Å². The van der Waals surface area contributed by atoms with Crippen LogP contribution in [0.25, 0.3) is 0 Å². The molecule has 0 spiro atoms. The first kappa shape index (κ1) is 27.6. The van der Waals surface area contributed by atoms with E-state index in [0.29, 0.717) is 24.3 Å². The normalized spacial score (nSPS) is 29.9. The molecule has 5 aliphatic rings. The minimum Gasteiger partial charge on any atom is -0.360 e. The second-order valence-electron chi connectivity index (χ2n) is 12.6. The van der Waals surface area contributed by atoms with Gasteiger partial charge in [0.05, 0.1) is 10.4 Å². The number of carbonyl (C=O) groups excluding carboxylic acids is 1. The molecule has 1 atom stereocenters.